The summed E-state index contributed by atoms with van der Waals surface area (Å²) >= 11 is 1.50. The molecule has 1 aromatic heterocycles. The molecule has 1 atom stereocenters. The largest absolute Gasteiger partial charge is 0.573 e. The second kappa shape index (κ2) is 6.69. The lowest BCUT2D eigenvalue weighted by Gasteiger charge is -2.14. The topological polar surface area (TPSA) is 50.4 Å². The van der Waals surface area contributed by atoms with E-state index in [1.165, 1.54) is 23.5 Å². The van der Waals surface area contributed by atoms with Crippen LogP contribution in [0.4, 0.5) is 23.7 Å². The fourth-order valence-corrected chi connectivity index (χ4v) is 2.48. The van der Waals surface area contributed by atoms with E-state index in [0.717, 1.165) is 17.0 Å². The second-order valence-electron chi connectivity index (χ2n) is 4.41. The Morgan fingerprint density at radius 2 is 2.05 bits per heavy atom. The van der Waals surface area contributed by atoms with Crippen molar-refractivity contribution in [3.63, 3.8) is 0 Å². The lowest BCUT2D eigenvalue weighted by atomic mass is 10.3. The number of halogens is 3. The van der Waals surface area contributed by atoms with Crippen LogP contribution >= 0.6 is 11.3 Å². The minimum atomic E-state index is -4.77. The van der Waals surface area contributed by atoms with Gasteiger partial charge in [0.25, 0.3) is 0 Å². The van der Waals surface area contributed by atoms with Crippen LogP contribution in [0.25, 0.3) is 0 Å². The van der Waals surface area contributed by atoms with Crippen molar-refractivity contribution in [3.05, 3.63) is 46.7 Å². The van der Waals surface area contributed by atoms with Crippen molar-refractivity contribution < 1.29 is 22.7 Å². The molecule has 22 heavy (non-hydrogen) atoms. The molecule has 2 rings (SSSR count). The van der Waals surface area contributed by atoms with E-state index >= 15 is 0 Å². The average molecular weight is 330 g/mol. The van der Waals surface area contributed by atoms with Gasteiger partial charge in [-0.3, -0.25) is 0 Å². The van der Waals surface area contributed by atoms with Gasteiger partial charge in [0, 0.05) is 16.6 Å². The third-order valence-electron chi connectivity index (χ3n) is 2.64. The molecule has 0 bridgehead atoms. The number of ether oxygens (including phenoxy) is 1. The number of thiophene rings is 1. The van der Waals surface area contributed by atoms with E-state index in [2.05, 4.69) is 15.4 Å². The summed E-state index contributed by atoms with van der Waals surface area (Å²) in [5.74, 6) is -0.392. The van der Waals surface area contributed by atoms with E-state index in [4.69, 9.17) is 0 Å². The predicted molar refractivity (Wildman–Crippen MR) is 78.0 cm³/mol. The van der Waals surface area contributed by atoms with Gasteiger partial charge in [0.2, 0.25) is 0 Å². The number of urea groups is 1. The first kappa shape index (κ1) is 16.2. The van der Waals surface area contributed by atoms with E-state index in [1.807, 2.05) is 24.4 Å². The van der Waals surface area contributed by atoms with Crippen molar-refractivity contribution in [1.82, 2.24) is 5.32 Å². The maximum atomic E-state index is 12.1. The van der Waals surface area contributed by atoms with E-state index in [9.17, 15) is 18.0 Å². The van der Waals surface area contributed by atoms with Crippen molar-refractivity contribution in [2.75, 3.05) is 5.32 Å². The third-order valence-corrected chi connectivity index (χ3v) is 3.70. The molecule has 0 spiro atoms. The highest BCUT2D eigenvalue weighted by molar-refractivity contribution is 7.10. The summed E-state index contributed by atoms with van der Waals surface area (Å²) in [5.41, 5.74) is 0.206. The molecule has 2 N–H and O–H groups in total. The first-order valence-electron chi connectivity index (χ1n) is 6.30. The van der Waals surface area contributed by atoms with Gasteiger partial charge in [-0.2, -0.15) is 0 Å². The van der Waals surface area contributed by atoms with Crippen molar-refractivity contribution >= 4 is 23.1 Å². The lowest BCUT2D eigenvalue weighted by Crippen LogP contribution is -2.30. The number of carbonyl (C=O) groups is 1. The van der Waals surface area contributed by atoms with Crippen LogP contribution in [0, 0.1) is 0 Å². The molecule has 0 aliphatic heterocycles. The van der Waals surface area contributed by atoms with Gasteiger partial charge in [-0.05, 0) is 30.5 Å². The number of hydrogen-bond acceptors (Lipinski definition) is 3. The molecular weight excluding hydrogens is 317 g/mol. The van der Waals surface area contributed by atoms with Gasteiger partial charge in [0.05, 0.1) is 6.04 Å². The maximum Gasteiger partial charge on any atom is 0.573 e. The van der Waals surface area contributed by atoms with Crippen molar-refractivity contribution in [2.24, 2.45) is 0 Å². The number of rotatable bonds is 4. The van der Waals surface area contributed by atoms with E-state index < -0.39 is 18.1 Å². The zero-order chi connectivity index (χ0) is 16.2. The Labute approximate surface area is 128 Å². The summed E-state index contributed by atoms with van der Waals surface area (Å²) < 4.78 is 40.2. The summed E-state index contributed by atoms with van der Waals surface area (Å²) in [5, 5.41) is 7.06. The highest BCUT2D eigenvalue weighted by Crippen LogP contribution is 2.25. The molecule has 0 saturated carbocycles. The van der Waals surface area contributed by atoms with Crippen molar-refractivity contribution in [1.29, 1.82) is 0 Å². The van der Waals surface area contributed by atoms with Gasteiger partial charge in [0.15, 0.2) is 0 Å². The number of hydrogen-bond donors (Lipinski definition) is 2. The summed E-state index contributed by atoms with van der Waals surface area (Å²) in [6, 6.07) is 8.13. The first-order valence-corrected chi connectivity index (χ1v) is 7.18. The molecule has 8 heteroatoms. The van der Waals surface area contributed by atoms with Gasteiger partial charge in [-0.1, -0.05) is 12.1 Å². The molecular formula is C14H13F3N2O2S. The number of anilines is 1. The summed E-state index contributed by atoms with van der Waals surface area (Å²) in [6.07, 6.45) is -4.77. The molecule has 118 valence electrons. The quantitative estimate of drug-likeness (QED) is 0.865. The van der Waals surface area contributed by atoms with Crippen LogP contribution in [0.1, 0.15) is 17.8 Å². The van der Waals surface area contributed by atoms with Gasteiger partial charge >= 0.3 is 12.4 Å². The minimum absolute atomic E-state index is 0.199. The van der Waals surface area contributed by atoms with Crippen molar-refractivity contribution in [3.8, 4) is 5.75 Å². The van der Waals surface area contributed by atoms with Crippen LogP contribution in [-0.4, -0.2) is 12.4 Å². The Morgan fingerprint density at radius 3 is 2.68 bits per heavy atom. The average Bonchev–Trinajstić information content (AvgIpc) is 2.90. The molecule has 0 aliphatic carbocycles. The number of carbonyl (C=O) groups excluding carboxylic acids is 1. The van der Waals surface area contributed by atoms with Crippen LogP contribution in [0.3, 0.4) is 0 Å². The molecule has 1 heterocycles. The fourth-order valence-electron chi connectivity index (χ4n) is 1.74. The molecule has 4 nitrogen and oxygen atoms in total. The fraction of sp³-hybridized carbons (Fsp3) is 0.214. The maximum absolute atomic E-state index is 12.1. The Hall–Kier alpha value is -2.22. The number of amides is 2. The Bertz CT molecular complexity index is 629. The standard InChI is InChI=1S/C14H13F3N2O2S/c1-9(12-6-3-7-22-12)18-13(20)19-10-4-2-5-11(8-10)21-14(15,16)17/h2-9H,1H3,(H2,18,19,20)/t9-/m0/s1. The third kappa shape index (κ3) is 4.96. The first-order chi connectivity index (χ1) is 10.3. The summed E-state index contributed by atoms with van der Waals surface area (Å²) in [4.78, 5) is 12.8. The second-order valence-corrected chi connectivity index (χ2v) is 5.39. The van der Waals surface area contributed by atoms with Crippen LogP contribution in [0.2, 0.25) is 0 Å². The predicted octanol–water partition coefficient (Wildman–Crippen LogP) is 4.53. The minimum Gasteiger partial charge on any atom is -0.406 e. The molecule has 0 saturated heterocycles. The van der Waals surface area contributed by atoms with Gasteiger partial charge in [-0.15, -0.1) is 24.5 Å². The van der Waals surface area contributed by atoms with Crippen LogP contribution < -0.4 is 15.4 Å². The van der Waals surface area contributed by atoms with Crippen LogP contribution in [0.5, 0.6) is 5.75 Å². The Kier molecular flexibility index (Phi) is 4.92. The van der Waals surface area contributed by atoms with Gasteiger partial charge in [0.1, 0.15) is 5.75 Å². The molecule has 1 aromatic carbocycles. The van der Waals surface area contributed by atoms with Crippen molar-refractivity contribution in [2.45, 2.75) is 19.3 Å². The Balaban J connectivity index is 1.95. The highest BCUT2D eigenvalue weighted by atomic mass is 32.1. The lowest BCUT2D eigenvalue weighted by molar-refractivity contribution is -0.274. The number of alkyl halides is 3. The summed E-state index contributed by atoms with van der Waals surface area (Å²) in [7, 11) is 0. The van der Waals surface area contributed by atoms with Crippen LogP contribution in [0.15, 0.2) is 41.8 Å². The normalized spacial score (nSPS) is 12.5. The van der Waals surface area contributed by atoms with E-state index in [0.29, 0.717) is 0 Å². The highest BCUT2D eigenvalue weighted by Gasteiger charge is 2.31. The number of benzene rings is 1. The monoisotopic (exact) mass is 330 g/mol. The number of nitrogens with one attached hydrogen (secondary N) is 2. The van der Waals surface area contributed by atoms with E-state index in [-0.39, 0.29) is 11.7 Å². The Morgan fingerprint density at radius 1 is 1.27 bits per heavy atom. The van der Waals surface area contributed by atoms with Gasteiger partial charge < -0.3 is 15.4 Å². The molecule has 0 fully saturated rings. The van der Waals surface area contributed by atoms with Gasteiger partial charge in [-0.25, -0.2) is 4.79 Å². The van der Waals surface area contributed by atoms with E-state index in [1.54, 1.807) is 0 Å². The molecule has 0 radical (unpaired) electrons. The smallest absolute Gasteiger partial charge is 0.406 e. The molecule has 0 unspecified atom stereocenters. The van der Waals surface area contributed by atoms with Crippen LogP contribution in [-0.2, 0) is 0 Å². The zero-order valence-corrected chi connectivity index (χ0v) is 12.3. The molecule has 0 aliphatic rings. The summed E-state index contributed by atoms with van der Waals surface area (Å²) in [6.45, 7) is 1.81. The molecule has 2 amide bonds. The zero-order valence-electron chi connectivity index (χ0n) is 11.5. The molecule has 2 aromatic rings. The SMILES string of the molecule is C[C@H](NC(=O)Nc1cccc(OC(F)(F)F)c1)c1cccs1.